The van der Waals surface area contributed by atoms with Crippen molar-refractivity contribution in [1.29, 1.82) is 0 Å². The second kappa shape index (κ2) is 7.02. The Kier molecular flexibility index (Phi) is 5.33. The molecule has 0 saturated heterocycles. The van der Waals surface area contributed by atoms with Crippen molar-refractivity contribution < 1.29 is 9.63 Å². The summed E-state index contributed by atoms with van der Waals surface area (Å²) < 4.78 is 5.22. The molecule has 2 atom stereocenters. The molecule has 0 fully saturated rings. The Labute approximate surface area is 129 Å². The molecule has 6 heteroatoms. The Morgan fingerprint density at radius 2 is 1.95 bits per heavy atom. The van der Waals surface area contributed by atoms with Crippen molar-refractivity contribution in [2.75, 3.05) is 6.54 Å². The van der Waals surface area contributed by atoms with E-state index in [0.29, 0.717) is 23.3 Å². The predicted octanol–water partition coefficient (Wildman–Crippen LogP) is 3.05. The number of halogens is 1. The molecule has 2 N–H and O–H groups in total. The van der Waals surface area contributed by atoms with Crippen molar-refractivity contribution in [3.05, 3.63) is 46.6 Å². The van der Waals surface area contributed by atoms with Crippen LogP contribution in [0.25, 0.3) is 0 Å². The first kappa shape index (κ1) is 15.9. The van der Waals surface area contributed by atoms with Crippen LogP contribution in [0.3, 0.4) is 0 Å². The summed E-state index contributed by atoms with van der Waals surface area (Å²) in [6.45, 7) is 6.30. The maximum Gasteiger partial charge on any atom is 0.244 e. The maximum absolute atomic E-state index is 10.2. The van der Waals surface area contributed by atoms with Gasteiger partial charge < -0.3 is 14.9 Å². The SMILES string of the molecule is Cc1noc(C(NCC(O)c2ccc(Cl)cc2)C(C)C)n1. The fourth-order valence-corrected chi connectivity index (χ4v) is 2.21. The Morgan fingerprint density at radius 1 is 1.29 bits per heavy atom. The van der Waals surface area contributed by atoms with Crippen LogP contribution in [0, 0.1) is 12.8 Å². The van der Waals surface area contributed by atoms with E-state index in [9.17, 15) is 5.11 Å². The molecule has 114 valence electrons. The second-order valence-electron chi connectivity index (χ2n) is 5.38. The quantitative estimate of drug-likeness (QED) is 0.858. The number of hydrogen-bond donors (Lipinski definition) is 2. The molecule has 21 heavy (non-hydrogen) atoms. The highest BCUT2D eigenvalue weighted by molar-refractivity contribution is 6.30. The van der Waals surface area contributed by atoms with Crippen molar-refractivity contribution in [3.63, 3.8) is 0 Å². The first-order valence-electron chi connectivity index (χ1n) is 6.94. The van der Waals surface area contributed by atoms with E-state index >= 15 is 0 Å². The van der Waals surface area contributed by atoms with Gasteiger partial charge in [-0.2, -0.15) is 4.98 Å². The molecule has 0 amide bonds. The standard InChI is InChI=1S/C15H20ClN3O2/c1-9(2)14(15-18-10(3)19-21-15)17-8-13(20)11-4-6-12(16)7-5-11/h4-7,9,13-14,17,20H,8H2,1-3H3. The molecule has 0 saturated carbocycles. The summed E-state index contributed by atoms with van der Waals surface area (Å²) in [6, 6.07) is 7.07. The molecular formula is C15H20ClN3O2. The molecule has 0 aliphatic rings. The smallest absolute Gasteiger partial charge is 0.244 e. The summed E-state index contributed by atoms with van der Waals surface area (Å²) in [5.41, 5.74) is 0.816. The summed E-state index contributed by atoms with van der Waals surface area (Å²) in [5.74, 6) is 1.42. The van der Waals surface area contributed by atoms with Crippen LogP contribution in [-0.2, 0) is 0 Å². The van der Waals surface area contributed by atoms with E-state index in [2.05, 4.69) is 29.3 Å². The van der Waals surface area contributed by atoms with Gasteiger partial charge >= 0.3 is 0 Å². The van der Waals surface area contributed by atoms with Crippen molar-refractivity contribution in [2.45, 2.75) is 32.9 Å². The summed E-state index contributed by atoms with van der Waals surface area (Å²) in [5, 5.41) is 18.0. The number of hydrogen-bond acceptors (Lipinski definition) is 5. The summed E-state index contributed by atoms with van der Waals surface area (Å²) in [6.07, 6.45) is -0.618. The van der Waals surface area contributed by atoms with Gasteiger partial charge in [-0.1, -0.05) is 42.7 Å². The van der Waals surface area contributed by atoms with Crippen LogP contribution in [0.15, 0.2) is 28.8 Å². The van der Waals surface area contributed by atoms with Crippen molar-refractivity contribution in [3.8, 4) is 0 Å². The van der Waals surface area contributed by atoms with Gasteiger partial charge in [0, 0.05) is 11.6 Å². The lowest BCUT2D eigenvalue weighted by atomic mass is 10.0. The summed E-state index contributed by atoms with van der Waals surface area (Å²) in [7, 11) is 0. The molecule has 1 aromatic heterocycles. The van der Waals surface area contributed by atoms with Crippen LogP contribution in [0.1, 0.15) is 43.3 Å². The predicted molar refractivity (Wildman–Crippen MR) is 81.0 cm³/mol. The van der Waals surface area contributed by atoms with Crippen molar-refractivity contribution in [2.24, 2.45) is 5.92 Å². The third kappa shape index (κ3) is 4.27. The van der Waals surface area contributed by atoms with Crippen LogP contribution in [0.4, 0.5) is 0 Å². The van der Waals surface area contributed by atoms with Gasteiger partial charge in [0.25, 0.3) is 0 Å². The average Bonchev–Trinajstić information content (AvgIpc) is 2.85. The molecule has 1 heterocycles. The van der Waals surface area contributed by atoms with Gasteiger partial charge in [0.1, 0.15) is 0 Å². The highest BCUT2D eigenvalue weighted by atomic mass is 35.5. The summed E-state index contributed by atoms with van der Waals surface area (Å²) in [4.78, 5) is 4.26. The normalized spacial score (nSPS) is 14.4. The second-order valence-corrected chi connectivity index (χ2v) is 5.81. The lowest BCUT2D eigenvalue weighted by molar-refractivity contribution is 0.160. The van der Waals surface area contributed by atoms with Crippen molar-refractivity contribution >= 4 is 11.6 Å². The maximum atomic E-state index is 10.2. The Balaban J connectivity index is 2.00. The molecule has 1 aromatic carbocycles. The minimum Gasteiger partial charge on any atom is -0.387 e. The lowest BCUT2D eigenvalue weighted by Crippen LogP contribution is -2.30. The van der Waals surface area contributed by atoms with Crippen LogP contribution in [0.2, 0.25) is 5.02 Å². The zero-order chi connectivity index (χ0) is 15.4. The molecule has 0 aliphatic heterocycles. The number of aryl methyl sites for hydroxylation is 1. The van der Waals surface area contributed by atoms with Crippen LogP contribution in [0.5, 0.6) is 0 Å². The van der Waals surface area contributed by atoms with E-state index in [-0.39, 0.29) is 12.0 Å². The first-order chi connectivity index (χ1) is 9.97. The van der Waals surface area contributed by atoms with Gasteiger partial charge in [0.15, 0.2) is 5.82 Å². The largest absolute Gasteiger partial charge is 0.387 e. The fraction of sp³-hybridized carbons (Fsp3) is 0.467. The van der Waals surface area contributed by atoms with E-state index in [1.54, 1.807) is 19.1 Å². The fourth-order valence-electron chi connectivity index (χ4n) is 2.09. The molecule has 5 nitrogen and oxygen atoms in total. The van der Waals surface area contributed by atoms with Gasteiger partial charge in [0.05, 0.1) is 12.1 Å². The number of aliphatic hydroxyl groups is 1. The van der Waals surface area contributed by atoms with Crippen LogP contribution >= 0.6 is 11.6 Å². The zero-order valence-electron chi connectivity index (χ0n) is 12.4. The number of nitrogens with zero attached hydrogens (tertiary/aromatic N) is 2. The van der Waals surface area contributed by atoms with E-state index in [4.69, 9.17) is 16.1 Å². The van der Waals surface area contributed by atoms with E-state index in [1.165, 1.54) is 0 Å². The van der Waals surface area contributed by atoms with Crippen molar-refractivity contribution in [1.82, 2.24) is 15.5 Å². The van der Waals surface area contributed by atoms with Gasteiger partial charge in [-0.15, -0.1) is 0 Å². The Morgan fingerprint density at radius 3 is 2.48 bits per heavy atom. The average molecular weight is 310 g/mol. The molecule has 0 aliphatic carbocycles. The van der Waals surface area contributed by atoms with Gasteiger partial charge in [-0.25, -0.2) is 0 Å². The highest BCUT2D eigenvalue weighted by Gasteiger charge is 2.22. The van der Waals surface area contributed by atoms with Crippen LogP contribution < -0.4 is 5.32 Å². The minimum atomic E-state index is -0.618. The number of aliphatic hydroxyl groups excluding tert-OH is 1. The molecule has 2 aromatic rings. The third-order valence-corrected chi connectivity index (χ3v) is 3.51. The number of aromatic nitrogens is 2. The number of nitrogens with one attached hydrogen (secondary N) is 1. The number of benzene rings is 1. The van der Waals surface area contributed by atoms with Gasteiger partial charge in [-0.05, 0) is 30.5 Å². The van der Waals surface area contributed by atoms with E-state index < -0.39 is 6.10 Å². The minimum absolute atomic E-state index is 0.0897. The van der Waals surface area contributed by atoms with E-state index in [1.807, 2.05) is 12.1 Å². The molecule has 0 spiro atoms. The molecule has 0 bridgehead atoms. The van der Waals surface area contributed by atoms with Crippen LogP contribution in [-0.4, -0.2) is 21.8 Å². The first-order valence-corrected chi connectivity index (χ1v) is 7.32. The topological polar surface area (TPSA) is 71.2 Å². The van der Waals surface area contributed by atoms with Gasteiger partial charge in [-0.3, -0.25) is 0 Å². The lowest BCUT2D eigenvalue weighted by Gasteiger charge is -2.21. The molecule has 0 radical (unpaired) electrons. The molecular weight excluding hydrogens is 290 g/mol. The summed E-state index contributed by atoms with van der Waals surface area (Å²) >= 11 is 5.84. The Hall–Kier alpha value is -1.43. The molecule has 2 unspecified atom stereocenters. The third-order valence-electron chi connectivity index (χ3n) is 3.26. The van der Waals surface area contributed by atoms with E-state index in [0.717, 1.165) is 5.56 Å². The molecule has 2 rings (SSSR count). The monoisotopic (exact) mass is 309 g/mol. The zero-order valence-corrected chi connectivity index (χ0v) is 13.1. The number of rotatable bonds is 6. The Bertz CT molecular complexity index is 569. The highest BCUT2D eigenvalue weighted by Crippen LogP contribution is 2.22. The van der Waals surface area contributed by atoms with Gasteiger partial charge in [0.2, 0.25) is 5.89 Å².